The van der Waals surface area contributed by atoms with E-state index in [2.05, 4.69) is 97.1 Å². The molecule has 0 aliphatic heterocycles. The van der Waals surface area contributed by atoms with Gasteiger partial charge in [-0.2, -0.15) is 0 Å². The fraction of sp³-hybridized carbons (Fsp3) is 0. The Morgan fingerprint density at radius 3 is 1.16 bits per heavy atom. The first kappa shape index (κ1) is 20.9. The zero-order valence-corrected chi connectivity index (χ0v) is 23.4. The maximum absolute atomic E-state index is 2.42. The lowest BCUT2D eigenvalue weighted by molar-refractivity contribution is 1.85. The first-order chi connectivity index (χ1) is 18.2. The van der Waals surface area contributed by atoms with Crippen LogP contribution in [0, 0.1) is 0 Å². The molecule has 0 unspecified atom stereocenters. The van der Waals surface area contributed by atoms with E-state index < -0.39 is 0 Å². The molecule has 0 aliphatic carbocycles. The van der Waals surface area contributed by atoms with E-state index in [1.165, 1.54) is 80.0 Å². The summed E-state index contributed by atoms with van der Waals surface area (Å²) in [5.41, 5.74) is 0. The molecule has 37 heavy (non-hydrogen) atoms. The third-order valence-corrected chi connectivity index (χ3v) is 13.0. The average molecular weight is 561 g/mol. The molecule has 0 bridgehead atoms. The predicted octanol–water partition coefficient (Wildman–Crippen LogP) is 12.2. The minimum absolute atomic E-state index is 1.33. The van der Waals surface area contributed by atoms with Crippen LogP contribution in [0.15, 0.2) is 97.1 Å². The second-order valence-electron chi connectivity index (χ2n) is 9.39. The molecule has 0 saturated heterocycles. The summed E-state index contributed by atoms with van der Waals surface area (Å²) in [6.45, 7) is 0. The number of rotatable bonds is 2. The zero-order chi connectivity index (χ0) is 24.1. The molecule has 0 saturated carbocycles. The van der Waals surface area contributed by atoms with Crippen LogP contribution in [0.4, 0.5) is 0 Å². The normalized spacial score (nSPS) is 12.3. The van der Waals surface area contributed by atoms with Gasteiger partial charge in [0.2, 0.25) is 0 Å². The van der Waals surface area contributed by atoms with Crippen LogP contribution in [-0.2, 0) is 0 Å². The standard InChI is InChI=1S/C32H16S5/c1-3-7-23-17(5-1)11-29(33-23)31-13-19-9-21-22-10-20-14-32(30-12-18-6-2-4-8-24(18)34-30)36-26(20)16-28(22)37-27(21)15-25(19)35-31/h1-16H. The van der Waals surface area contributed by atoms with Gasteiger partial charge < -0.3 is 0 Å². The van der Waals surface area contributed by atoms with Crippen LogP contribution in [0.2, 0.25) is 0 Å². The molecule has 5 aromatic heterocycles. The monoisotopic (exact) mass is 560 g/mol. The van der Waals surface area contributed by atoms with E-state index in [-0.39, 0.29) is 0 Å². The molecule has 9 rings (SSSR count). The molecule has 0 fully saturated rings. The van der Waals surface area contributed by atoms with Gasteiger partial charge in [0.15, 0.2) is 0 Å². The summed E-state index contributed by atoms with van der Waals surface area (Å²) in [5.74, 6) is 0. The highest BCUT2D eigenvalue weighted by atomic mass is 32.1. The van der Waals surface area contributed by atoms with Crippen molar-refractivity contribution in [1.82, 2.24) is 0 Å². The molecule has 4 aromatic carbocycles. The Morgan fingerprint density at radius 1 is 0.297 bits per heavy atom. The van der Waals surface area contributed by atoms with Crippen molar-refractivity contribution in [3.63, 3.8) is 0 Å². The van der Waals surface area contributed by atoms with Crippen LogP contribution in [0.1, 0.15) is 0 Å². The van der Waals surface area contributed by atoms with Crippen LogP contribution in [-0.4, -0.2) is 0 Å². The van der Waals surface area contributed by atoms with Crippen LogP contribution in [0.5, 0.6) is 0 Å². The molecular weight excluding hydrogens is 545 g/mol. The third-order valence-electron chi connectivity index (χ3n) is 7.08. The summed E-state index contributed by atoms with van der Waals surface area (Å²) in [4.78, 5) is 5.46. The topological polar surface area (TPSA) is 0 Å². The Bertz CT molecular complexity index is 2090. The molecule has 174 valence electrons. The maximum Gasteiger partial charge on any atom is 0.0455 e. The molecule has 0 atom stereocenters. The number of fused-ring (bicyclic) bond motifs is 7. The largest absolute Gasteiger partial charge is 0.135 e. The Kier molecular flexibility index (Phi) is 4.37. The maximum atomic E-state index is 2.42. The van der Waals surface area contributed by atoms with Crippen molar-refractivity contribution >= 4 is 117 Å². The Balaban J connectivity index is 1.19. The van der Waals surface area contributed by atoms with Gasteiger partial charge in [0, 0.05) is 58.5 Å². The fourth-order valence-corrected chi connectivity index (χ4v) is 11.0. The first-order valence-electron chi connectivity index (χ1n) is 12.1. The minimum atomic E-state index is 1.33. The van der Waals surface area contributed by atoms with Crippen molar-refractivity contribution < 1.29 is 0 Å². The summed E-state index contributed by atoms with van der Waals surface area (Å²) in [6, 6.07) is 36.5. The van der Waals surface area contributed by atoms with E-state index in [9.17, 15) is 0 Å². The lowest BCUT2D eigenvalue weighted by Gasteiger charge is -1.94. The second kappa shape index (κ2) is 7.73. The Labute approximate surface area is 232 Å². The van der Waals surface area contributed by atoms with Gasteiger partial charge in [-0.25, -0.2) is 0 Å². The molecule has 0 radical (unpaired) electrons. The quantitative estimate of drug-likeness (QED) is 0.197. The average Bonchev–Trinajstić information content (AvgIpc) is 3.72. The lowest BCUT2D eigenvalue weighted by Crippen LogP contribution is -1.68. The molecule has 5 heteroatoms. The van der Waals surface area contributed by atoms with Gasteiger partial charge in [-0.05, 0) is 82.2 Å². The number of benzene rings is 4. The minimum Gasteiger partial charge on any atom is -0.135 e. The van der Waals surface area contributed by atoms with Crippen molar-refractivity contribution in [1.29, 1.82) is 0 Å². The van der Waals surface area contributed by atoms with E-state index in [0.29, 0.717) is 0 Å². The van der Waals surface area contributed by atoms with E-state index in [1.807, 2.05) is 56.7 Å². The first-order valence-corrected chi connectivity index (χ1v) is 16.1. The van der Waals surface area contributed by atoms with Crippen LogP contribution in [0.3, 0.4) is 0 Å². The van der Waals surface area contributed by atoms with Gasteiger partial charge in [0.05, 0.1) is 0 Å². The molecule has 9 aromatic rings. The number of thiophene rings is 5. The number of hydrogen-bond acceptors (Lipinski definition) is 5. The van der Waals surface area contributed by atoms with Crippen molar-refractivity contribution in [2.45, 2.75) is 0 Å². The zero-order valence-electron chi connectivity index (χ0n) is 19.3. The van der Waals surface area contributed by atoms with Crippen LogP contribution < -0.4 is 0 Å². The summed E-state index contributed by atoms with van der Waals surface area (Å²) in [7, 11) is 0. The summed E-state index contributed by atoms with van der Waals surface area (Å²) >= 11 is 9.55. The smallest absolute Gasteiger partial charge is 0.0455 e. The molecule has 0 amide bonds. The van der Waals surface area contributed by atoms with E-state index in [4.69, 9.17) is 0 Å². The second-order valence-corrected chi connectivity index (χ2v) is 14.8. The molecular formula is C32H16S5. The fourth-order valence-electron chi connectivity index (χ4n) is 5.29. The lowest BCUT2D eigenvalue weighted by atomic mass is 10.1. The van der Waals surface area contributed by atoms with Crippen molar-refractivity contribution in [3.8, 4) is 19.5 Å². The van der Waals surface area contributed by atoms with E-state index >= 15 is 0 Å². The molecule has 0 spiro atoms. The summed E-state index contributed by atoms with van der Waals surface area (Å²) < 4.78 is 8.23. The third kappa shape index (κ3) is 3.22. The highest BCUT2D eigenvalue weighted by Crippen LogP contribution is 2.46. The van der Waals surface area contributed by atoms with Crippen LogP contribution >= 0.6 is 56.7 Å². The molecule has 0 aliphatic rings. The van der Waals surface area contributed by atoms with Crippen molar-refractivity contribution in [2.24, 2.45) is 0 Å². The van der Waals surface area contributed by atoms with Gasteiger partial charge in [0.25, 0.3) is 0 Å². The summed E-state index contributed by atoms with van der Waals surface area (Å²) in [5, 5.41) is 8.12. The Morgan fingerprint density at radius 2 is 0.703 bits per heavy atom. The Hall–Kier alpha value is -3.06. The van der Waals surface area contributed by atoms with Crippen LogP contribution in [0.25, 0.3) is 80.0 Å². The highest BCUT2D eigenvalue weighted by molar-refractivity contribution is 7.30. The SMILES string of the molecule is c1ccc2sc(-c3cc4cc5c(cc4s3)sc3cc4sc(-c6cc7ccccc7s6)cc4cc35)cc2c1. The van der Waals surface area contributed by atoms with E-state index in [1.54, 1.807) is 0 Å². The predicted molar refractivity (Wildman–Crippen MR) is 172 cm³/mol. The highest BCUT2D eigenvalue weighted by Gasteiger charge is 2.14. The van der Waals surface area contributed by atoms with Gasteiger partial charge in [-0.3, -0.25) is 0 Å². The van der Waals surface area contributed by atoms with E-state index in [0.717, 1.165) is 0 Å². The van der Waals surface area contributed by atoms with Gasteiger partial charge in [-0.15, -0.1) is 56.7 Å². The molecule has 5 heterocycles. The van der Waals surface area contributed by atoms with Gasteiger partial charge in [-0.1, -0.05) is 36.4 Å². The molecule has 0 N–H and O–H groups in total. The number of hydrogen-bond donors (Lipinski definition) is 0. The summed E-state index contributed by atoms with van der Waals surface area (Å²) in [6.07, 6.45) is 0. The molecule has 0 nitrogen and oxygen atoms in total. The van der Waals surface area contributed by atoms with Gasteiger partial charge in [0.1, 0.15) is 0 Å². The van der Waals surface area contributed by atoms with Crippen molar-refractivity contribution in [3.05, 3.63) is 97.1 Å². The van der Waals surface area contributed by atoms with Gasteiger partial charge >= 0.3 is 0 Å². The van der Waals surface area contributed by atoms with Crippen molar-refractivity contribution in [2.75, 3.05) is 0 Å².